The number of unbranched alkanes of at least 4 members (excludes halogenated alkanes) is 3. The molecule has 0 aromatic heterocycles. The Morgan fingerprint density at radius 3 is 2.61 bits per heavy atom. The van der Waals surface area contributed by atoms with Crippen molar-refractivity contribution in [2.45, 2.75) is 65.0 Å². The molecule has 18 heavy (non-hydrogen) atoms. The maximum atomic E-state index is 3.68. The first kappa shape index (κ1) is 15.7. The predicted molar refractivity (Wildman–Crippen MR) is 83.9 cm³/mol. The van der Waals surface area contributed by atoms with Crippen molar-refractivity contribution >= 4 is 15.9 Å². The molecular weight excluding hydrogens is 286 g/mol. The van der Waals surface area contributed by atoms with E-state index in [9.17, 15) is 0 Å². The maximum Gasteiger partial charge on any atom is 0.0294 e. The van der Waals surface area contributed by atoms with E-state index in [4.69, 9.17) is 0 Å². The highest BCUT2D eigenvalue weighted by molar-refractivity contribution is 9.10. The number of hydrogen-bond donors (Lipinski definition) is 1. The molecule has 2 atom stereocenters. The first-order chi connectivity index (χ1) is 8.63. The van der Waals surface area contributed by atoms with Crippen molar-refractivity contribution in [2.24, 2.45) is 0 Å². The van der Waals surface area contributed by atoms with Crippen LogP contribution in [0.5, 0.6) is 0 Å². The Morgan fingerprint density at radius 2 is 1.94 bits per heavy atom. The molecule has 1 nitrogen and oxygen atoms in total. The first-order valence-electron chi connectivity index (χ1n) is 7.15. The normalized spacial score (nSPS) is 14.4. The summed E-state index contributed by atoms with van der Waals surface area (Å²) in [5.74, 6) is 0. The molecule has 0 amide bonds. The molecule has 2 heteroatoms. The fraction of sp³-hybridized carbons (Fsp3) is 0.625. The minimum absolute atomic E-state index is 0.420. The molecule has 0 heterocycles. The van der Waals surface area contributed by atoms with Gasteiger partial charge in [0.2, 0.25) is 0 Å². The number of benzene rings is 1. The van der Waals surface area contributed by atoms with Gasteiger partial charge < -0.3 is 5.32 Å². The second kappa shape index (κ2) is 8.71. The van der Waals surface area contributed by atoms with Gasteiger partial charge in [0, 0.05) is 16.6 Å². The van der Waals surface area contributed by atoms with Crippen molar-refractivity contribution in [3.8, 4) is 0 Å². The summed E-state index contributed by atoms with van der Waals surface area (Å²) >= 11 is 3.53. The minimum Gasteiger partial charge on any atom is -0.308 e. The van der Waals surface area contributed by atoms with Crippen LogP contribution < -0.4 is 5.32 Å². The molecule has 102 valence electrons. The smallest absolute Gasteiger partial charge is 0.0294 e. The van der Waals surface area contributed by atoms with Crippen LogP contribution in [0.25, 0.3) is 0 Å². The lowest BCUT2D eigenvalue weighted by Crippen LogP contribution is -2.28. The fourth-order valence-corrected chi connectivity index (χ4v) is 2.68. The van der Waals surface area contributed by atoms with Gasteiger partial charge in [-0.2, -0.15) is 0 Å². The highest BCUT2D eigenvalue weighted by Gasteiger charge is 2.09. The van der Waals surface area contributed by atoms with E-state index in [-0.39, 0.29) is 0 Å². The molecule has 0 radical (unpaired) electrons. The Bertz CT molecular complexity index is 338. The topological polar surface area (TPSA) is 12.0 Å². The summed E-state index contributed by atoms with van der Waals surface area (Å²) in [5, 5.41) is 3.68. The van der Waals surface area contributed by atoms with Gasteiger partial charge in [-0.05, 0) is 38.0 Å². The van der Waals surface area contributed by atoms with E-state index in [0.717, 1.165) is 4.47 Å². The summed E-state index contributed by atoms with van der Waals surface area (Å²) in [6.45, 7) is 6.79. The Hall–Kier alpha value is -0.340. The SMILES string of the molecule is CCCCCCC(C)N[C@@H](C)c1cccc(Br)c1. The van der Waals surface area contributed by atoms with E-state index in [2.05, 4.69) is 66.3 Å². The van der Waals surface area contributed by atoms with Crippen molar-refractivity contribution in [3.63, 3.8) is 0 Å². The van der Waals surface area contributed by atoms with Gasteiger partial charge in [-0.15, -0.1) is 0 Å². The molecule has 1 aromatic rings. The summed E-state index contributed by atoms with van der Waals surface area (Å²) in [5.41, 5.74) is 1.35. The summed E-state index contributed by atoms with van der Waals surface area (Å²) < 4.78 is 1.16. The molecule has 0 spiro atoms. The van der Waals surface area contributed by atoms with Gasteiger partial charge in [0.1, 0.15) is 0 Å². The van der Waals surface area contributed by atoms with Crippen LogP contribution in [0.15, 0.2) is 28.7 Å². The summed E-state index contributed by atoms with van der Waals surface area (Å²) in [4.78, 5) is 0. The van der Waals surface area contributed by atoms with Crippen LogP contribution in [0.2, 0.25) is 0 Å². The van der Waals surface area contributed by atoms with Gasteiger partial charge in [0.25, 0.3) is 0 Å². The first-order valence-corrected chi connectivity index (χ1v) is 7.94. The van der Waals surface area contributed by atoms with E-state index >= 15 is 0 Å². The van der Waals surface area contributed by atoms with Gasteiger partial charge in [-0.3, -0.25) is 0 Å². The summed E-state index contributed by atoms with van der Waals surface area (Å²) in [6, 6.07) is 9.57. The van der Waals surface area contributed by atoms with Gasteiger partial charge in [0.05, 0.1) is 0 Å². The molecule has 0 bridgehead atoms. The van der Waals surface area contributed by atoms with Crippen LogP contribution >= 0.6 is 15.9 Å². The van der Waals surface area contributed by atoms with Crippen LogP contribution in [0.4, 0.5) is 0 Å². The van der Waals surface area contributed by atoms with Gasteiger partial charge >= 0.3 is 0 Å². The molecule has 0 fully saturated rings. The average Bonchev–Trinajstić information content (AvgIpc) is 2.34. The van der Waals surface area contributed by atoms with Crippen molar-refractivity contribution in [1.29, 1.82) is 0 Å². The third kappa shape index (κ3) is 6.01. The zero-order chi connectivity index (χ0) is 13.4. The fourth-order valence-electron chi connectivity index (χ4n) is 2.26. The highest BCUT2D eigenvalue weighted by atomic mass is 79.9. The van der Waals surface area contributed by atoms with Crippen molar-refractivity contribution in [3.05, 3.63) is 34.3 Å². The van der Waals surface area contributed by atoms with E-state index in [1.807, 2.05) is 0 Å². The lowest BCUT2D eigenvalue weighted by atomic mass is 10.0. The Morgan fingerprint density at radius 1 is 1.17 bits per heavy atom. The third-order valence-corrected chi connectivity index (χ3v) is 3.87. The zero-order valence-electron chi connectivity index (χ0n) is 11.9. The zero-order valence-corrected chi connectivity index (χ0v) is 13.5. The second-order valence-electron chi connectivity index (χ2n) is 5.19. The molecular formula is C16H26BrN. The molecule has 1 N–H and O–H groups in total. The van der Waals surface area contributed by atoms with Crippen LogP contribution in [0.1, 0.15) is 64.5 Å². The van der Waals surface area contributed by atoms with Crippen molar-refractivity contribution in [1.82, 2.24) is 5.32 Å². The second-order valence-corrected chi connectivity index (χ2v) is 6.11. The number of nitrogens with one attached hydrogen (secondary N) is 1. The quantitative estimate of drug-likeness (QED) is 0.629. The van der Waals surface area contributed by atoms with Crippen LogP contribution in [-0.4, -0.2) is 6.04 Å². The third-order valence-electron chi connectivity index (χ3n) is 3.37. The molecule has 1 unspecified atom stereocenters. The predicted octanol–water partition coefficient (Wildman–Crippen LogP) is 5.46. The summed E-state index contributed by atoms with van der Waals surface area (Å²) in [6.07, 6.45) is 6.67. The molecule has 0 aliphatic heterocycles. The number of rotatable bonds is 8. The average molecular weight is 312 g/mol. The van der Waals surface area contributed by atoms with Crippen molar-refractivity contribution < 1.29 is 0 Å². The van der Waals surface area contributed by atoms with Crippen LogP contribution in [0.3, 0.4) is 0 Å². The monoisotopic (exact) mass is 311 g/mol. The minimum atomic E-state index is 0.420. The van der Waals surface area contributed by atoms with Crippen LogP contribution in [-0.2, 0) is 0 Å². The lowest BCUT2D eigenvalue weighted by molar-refractivity contribution is 0.438. The Kier molecular flexibility index (Phi) is 7.60. The van der Waals surface area contributed by atoms with Crippen LogP contribution in [0, 0.1) is 0 Å². The molecule has 1 rings (SSSR count). The maximum absolute atomic E-state index is 3.68. The molecule has 0 saturated carbocycles. The highest BCUT2D eigenvalue weighted by Crippen LogP contribution is 2.19. The Balaban J connectivity index is 2.32. The molecule has 1 aromatic carbocycles. The molecule has 0 aliphatic rings. The van der Waals surface area contributed by atoms with Crippen molar-refractivity contribution in [2.75, 3.05) is 0 Å². The lowest BCUT2D eigenvalue weighted by Gasteiger charge is -2.20. The number of hydrogen-bond acceptors (Lipinski definition) is 1. The number of halogens is 1. The molecule has 0 aliphatic carbocycles. The van der Waals surface area contributed by atoms with Gasteiger partial charge in [0.15, 0.2) is 0 Å². The molecule has 0 saturated heterocycles. The summed E-state index contributed by atoms with van der Waals surface area (Å²) in [7, 11) is 0. The standard InChI is InChI=1S/C16H26BrN/c1-4-5-6-7-9-13(2)18-14(3)15-10-8-11-16(17)12-15/h8,10-14,18H,4-7,9H2,1-3H3/t13?,14-/m0/s1. The Labute approximate surface area is 120 Å². The van der Waals surface area contributed by atoms with Gasteiger partial charge in [-0.1, -0.05) is 60.7 Å². The largest absolute Gasteiger partial charge is 0.308 e. The van der Waals surface area contributed by atoms with E-state index in [1.54, 1.807) is 0 Å². The van der Waals surface area contributed by atoms with E-state index in [1.165, 1.54) is 37.7 Å². The van der Waals surface area contributed by atoms with Gasteiger partial charge in [-0.25, -0.2) is 0 Å². The van der Waals surface area contributed by atoms with E-state index < -0.39 is 0 Å². The van der Waals surface area contributed by atoms with E-state index in [0.29, 0.717) is 12.1 Å².